The highest BCUT2D eigenvalue weighted by Crippen LogP contribution is 2.33. The zero-order valence-electron chi connectivity index (χ0n) is 10.8. The molecule has 0 aliphatic heterocycles. The molecule has 2 aromatic rings. The van der Waals surface area contributed by atoms with Crippen molar-refractivity contribution in [2.24, 2.45) is 0 Å². The van der Waals surface area contributed by atoms with E-state index in [4.69, 9.17) is 0 Å². The van der Waals surface area contributed by atoms with Crippen LogP contribution in [0.15, 0.2) is 34.9 Å². The van der Waals surface area contributed by atoms with Gasteiger partial charge in [0, 0.05) is 5.92 Å². The van der Waals surface area contributed by atoms with Gasteiger partial charge in [0.25, 0.3) is 0 Å². The molecule has 104 valence electrons. The first kappa shape index (κ1) is 13.3. The molecule has 0 radical (unpaired) electrons. The first-order valence-corrected chi connectivity index (χ1v) is 7.39. The number of nitro groups is 1. The van der Waals surface area contributed by atoms with Crippen LogP contribution in [-0.4, -0.2) is 14.7 Å². The average molecular weight is 336 g/mol. The summed E-state index contributed by atoms with van der Waals surface area (Å²) in [6.07, 6.45) is 5.07. The predicted molar refractivity (Wildman–Crippen MR) is 78.7 cm³/mol. The van der Waals surface area contributed by atoms with Gasteiger partial charge < -0.3 is 10.1 Å². The molecule has 0 spiro atoms. The number of aromatic nitrogens is 2. The Bertz CT molecular complexity index is 654. The lowest BCUT2D eigenvalue weighted by atomic mass is 9.83. The van der Waals surface area contributed by atoms with Crippen LogP contribution in [0.25, 0.3) is 0 Å². The summed E-state index contributed by atoms with van der Waals surface area (Å²) in [5.74, 6) is 0.264. The Labute approximate surface area is 124 Å². The van der Waals surface area contributed by atoms with Crippen LogP contribution in [-0.2, 0) is 13.0 Å². The molecule has 1 heterocycles. The first-order chi connectivity index (χ1) is 9.65. The highest BCUT2D eigenvalue weighted by Gasteiger charge is 2.24. The standard InChI is InChI=1S/C14H14BrN3O2/c15-13-9-17(16-14(13)18(19)20)8-11-6-3-5-10-4-1-2-7-12(10)11/h1-2,4,7,9,11H,3,5-6,8H2. The van der Waals surface area contributed by atoms with Gasteiger partial charge in [0.1, 0.15) is 4.47 Å². The monoisotopic (exact) mass is 335 g/mol. The van der Waals surface area contributed by atoms with Gasteiger partial charge >= 0.3 is 5.82 Å². The summed E-state index contributed by atoms with van der Waals surface area (Å²) in [4.78, 5) is 10.4. The predicted octanol–water partition coefficient (Wildman–Crippen LogP) is 3.67. The smallest absolute Gasteiger partial charge is 0.358 e. The van der Waals surface area contributed by atoms with E-state index in [9.17, 15) is 10.1 Å². The van der Waals surface area contributed by atoms with E-state index >= 15 is 0 Å². The van der Waals surface area contributed by atoms with Crippen LogP contribution in [0.4, 0.5) is 5.82 Å². The number of nitrogens with zero attached hydrogens (tertiary/aromatic N) is 3. The number of benzene rings is 1. The highest BCUT2D eigenvalue weighted by molar-refractivity contribution is 9.10. The van der Waals surface area contributed by atoms with Gasteiger partial charge in [-0.3, -0.25) is 0 Å². The van der Waals surface area contributed by atoms with E-state index < -0.39 is 4.92 Å². The van der Waals surface area contributed by atoms with Crippen LogP contribution in [0.5, 0.6) is 0 Å². The Morgan fingerprint density at radius 1 is 1.45 bits per heavy atom. The molecular formula is C14H14BrN3O2. The Hall–Kier alpha value is -1.69. The zero-order valence-corrected chi connectivity index (χ0v) is 12.4. The maximum Gasteiger partial charge on any atom is 0.404 e. The number of rotatable bonds is 3. The topological polar surface area (TPSA) is 61.0 Å². The van der Waals surface area contributed by atoms with Crippen molar-refractivity contribution in [3.05, 3.63) is 56.2 Å². The summed E-state index contributed by atoms with van der Waals surface area (Å²) in [5, 5.41) is 14.9. The van der Waals surface area contributed by atoms with E-state index in [0.29, 0.717) is 16.9 Å². The van der Waals surface area contributed by atoms with Gasteiger partial charge in [-0.2, -0.15) is 4.68 Å². The minimum Gasteiger partial charge on any atom is -0.358 e. The van der Waals surface area contributed by atoms with Crippen LogP contribution in [0.1, 0.15) is 29.9 Å². The van der Waals surface area contributed by atoms with Crippen molar-refractivity contribution in [2.75, 3.05) is 0 Å². The molecule has 5 nitrogen and oxygen atoms in total. The fraction of sp³-hybridized carbons (Fsp3) is 0.357. The second-order valence-corrected chi connectivity index (χ2v) is 5.92. The van der Waals surface area contributed by atoms with Crippen molar-refractivity contribution in [3.63, 3.8) is 0 Å². The Balaban J connectivity index is 1.86. The maximum absolute atomic E-state index is 10.8. The molecule has 0 saturated heterocycles. The second kappa shape index (κ2) is 5.36. The number of halogens is 1. The summed E-state index contributed by atoms with van der Waals surface area (Å²) < 4.78 is 2.11. The van der Waals surface area contributed by atoms with Gasteiger partial charge in [-0.1, -0.05) is 24.3 Å². The normalized spacial score (nSPS) is 17.8. The minimum atomic E-state index is -0.463. The van der Waals surface area contributed by atoms with Gasteiger partial charge in [0.2, 0.25) is 0 Å². The van der Waals surface area contributed by atoms with E-state index in [-0.39, 0.29) is 5.82 Å². The molecule has 1 unspecified atom stereocenters. The molecule has 0 bridgehead atoms. The molecule has 1 atom stereocenters. The Morgan fingerprint density at radius 3 is 3.00 bits per heavy atom. The molecule has 6 heteroatoms. The fourth-order valence-electron chi connectivity index (χ4n) is 2.87. The zero-order chi connectivity index (χ0) is 14.1. The molecule has 1 aliphatic carbocycles. The molecule has 3 rings (SSSR count). The van der Waals surface area contributed by atoms with Crippen molar-refractivity contribution in [3.8, 4) is 0 Å². The third kappa shape index (κ3) is 2.47. The molecule has 0 N–H and O–H groups in total. The third-order valence-corrected chi connectivity index (χ3v) is 4.33. The highest BCUT2D eigenvalue weighted by atomic mass is 79.9. The molecule has 1 aromatic carbocycles. The third-order valence-electron chi connectivity index (χ3n) is 3.77. The molecule has 1 aromatic heterocycles. The summed E-state index contributed by atoms with van der Waals surface area (Å²) in [5.41, 5.74) is 2.75. The lowest BCUT2D eigenvalue weighted by molar-refractivity contribution is -0.390. The Kier molecular flexibility index (Phi) is 3.56. The van der Waals surface area contributed by atoms with Crippen LogP contribution < -0.4 is 0 Å². The number of fused-ring (bicyclic) bond motifs is 1. The average Bonchev–Trinajstić information content (AvgIpc) is 2.80. The molecular weight excluding hydrogens is 322 g/mol. The molecule has 20 heavy (non-hydrogen) atoms. The number of aryl methyl sites for hydroxylation is 1. The van der Waals surface area contributed by atoms with Crippen LogP contribution in [0.3, 0.4) is 0 Å². The first-order valence-electron chi connectivity index (χ1n) is 6.60. The molecule has 0 amide bonds. The van der Waals surface area contributed by atoms with Crippen LogP contribution in [0.2, 0.25) is 0 Å². The van der Waals surface area contributed by atoms with Crippen molar-refractivity contribution in [2.45, 2.75) is 31.7 Å². The summed E-state index contributed by atoms with van der Waals surface area (Å²) in [6.45, 7) is 0.684. The van der Waals surface area contributed by atoms with E-state index in [1.165, 1.54) is 11.1 Å². The number of hydrogen-bond donors (Lipinski definition) is 0. The fourth-order valence-corrected chi connectivity index (χ4v) is 3.33. The Morgan fingerprint density at radius 2 is 2.25 bits per heavy atom. The molecule has 0 fully saturated rings. The van der Waals surface area contributed by atoms with E-state index in [1.807, 2.05) is 0 Å². The van der Waals surface area contributed by atoms with Crippen molar-refractivity contribution in [1.29, 1.82) is 0 Å². The van der Waals surface area contributed by atoms with E-state index in [2.05, 4.69) is 45.3 Å². The molecule has 1 aliphatic rings. The lowest BCUT2D eigenvalue weighted by Crippen LogP contribution is -2.16. The SMILES string of the molecule is O=[N+]([O-])c1nn(CC2CCCc3ccccc32)cc1Br. The lowest BCUT2D eigenvalue weighted by Gasteiger charge is -2.24. The summed E-state index contributed by atoms with van der Waals surface area (Å²) in [6, 6.07) is 8.45. The van der Waals surface area contributed by atoms with E-state index in [1.54, 1.807) is 10.9 Å². The largest absolute Gasteiger partial charge is 0.404 e. The van der Waals surface area contributed by atoms with Gasteiger partial charge in [0.15, 0.2) is 0 Å². The van der Waals surface area contributed by atoms with Crippen LogP contribution in [0, 0.1) is 10.1 Å². The van der Waals surface area contributed by atoms with Crippen molar-refractivity contribution in [1.82, 2.24) is 9.78 Å². The maximum atomic E-state index is 10.8. The number of hydrogen-bond acceptors (Lipinski definition) is 3. The van der Waals surface area contributed by atoms with Crippen LogP contribution >= 0.6 is 15.9 Å². The van der Waals surface area contributed by atoms with Crippen molar-refractivity contribution < 1.29 is 4.92 Å². The van der Waals surface area contributed by atoms with Crippen molar-refractivity contribution >= 4 is 21.7 Å². The molecule has 0 saturated carbocycles. The summed E-state index contributed by atoms with van der Waals surface area (Å²) >= 11 is 3.19. The second-order valence-electron chi connectivity index (χ2n) is 5.07. The van der Waals surface area contributed by atoms with E-state index in [0.717, 1.165) is 19.3 Å². The van der Waals surface area contributed by atoms with Gasteiger partial charge in [-0.15, -0.1) is 0 Å². The summed E-state index contributed by atoms with van der Waals surface area (Å²) in [7, 11) is 0. The quantitative estimate of drug-likeness (QED) is 0.635. The minimum absolute atomic E-state index is 0.117. The van der Waals surface area contributed by atoms with Gasteiger partial charge in [0.05, 0.1) is 17.8 Å². The van der Waals surface area contributed by atoms with Gasteiger partial charge in [-0.05, 0) is 51.2 Å². The van der Waals surface area contributed by atoms with Gasteiger partial charge in [-0.25, -0.2) is 0 Å².